The Bertz CT molecular complexity index is 777. The van der Waals surface area contributed by atoms with E-state index in [1.165, 1.54) is 24.1 Å². The second-order valence-corrected chi connectivity index (χ2v) is 8.06. The number of aliphatic carboxylic acids is 1. The number of carboxylic acid groups (broad SMARTS) is 1. The van der Waals surface area contributed by atoms with Crippen molar-refractivity contribution in [2.45, 2.75) is 24.7 Å². The molecule has 1 heterocycles. The highest BCUT2D eigenvalue weighted by Gasteiger charge is 2.29. The van der Waals surface area contributed by atoms with Gasteiger partial charge in [0.05, 0.1) is 17.4 Å². The number of rotatable bonds is 7. The van der Waals surface area contributed by atoms with Crippen molar-refractivity contribution in [1.29, 1.82) is 0 Å². The first kappa shape index (κ1) is 20.3. The van der Waals surface area contributed by atoms with Gasteiger partial charge in [-0.3, -0.25) is 9.59 Å². The number of ether oxygens (including phenoxy) is 1. The van der Waals surface area contributed by atoms with Crippen LogP contribution in [-0.2, 0) is 19.6 Å². The van der Waals surface area contributed by atoms with E-state index in [0.717, 1.165) is 0 Å². The van der Waals surface area contributed by atoms with Crippen molar-refractivity contribution < 1.29 is 27.9 Å². The molecule has 0 saturated carbocycles. The molecule has 1 aromatic rings. The first-order valence-electron chi connectivity index (χ1n) is 8.37. The van der Waals surface area contributed by atoms with Gasteiger partial charge in [-0.05, 0) is 37.5 Å². The molecule has 0 aromatic heterocycles. The molecule has 2 N–H and O–H groups in total. The van der Waals surface area contributed by atoms with Crippen molar-refractivity contribution in [3.8, 4) is 0 Å². The van der Waals surface area contributed by atoms with Crippen LogP contribution in [0.4, 0.5) is 0 Å². The van der Waals surface area contributed by atoms with E-state index >= 15 is 0 Å². The average Bonchev–Trinajstić information content (AvgIpc) is 2.61. The van der Waals surface area contributed by atoms with Crippen molar-refractivity contribution in [2.75, 3.05) is 33.4 Å². The fourth-order valence-corrected chi connectivity index (χ4v) is 3.93. The summed E-state index contributed by atoms with van der Waals surface area (Å²) in [6.45, 7) is 2.69. The van der Waals surface area contributed by atoms with E-state index < -0.39 is 21.9 Å². The number of carbonyl (C=O) groups excluding carboxylic acids is 1. The van der Waals surface area contributed by atoms with Crippen LogP contribution >= 0.6 is 0 Å². The number of nitrogens with one attached hydrogen (secondary N) is 1. The number of sulfonamides is 1. The van der Waals surface area contributed by atoms with Crippen LogP contribution in [0.5, 0.6) is 0 Å². The lowest BCUT2D eigenvalue weighted by molar-refractivity contribution is -0.143. The van der Waals surface area contributed by atoms with E-state index in [4.69, 9.17) is 4.74 Å². The summed E-state index contributed by atoms with van der Waals surface area (Å²) in [4.78, 5) is 25.5. The number of likely N-dealkylation sites (tertiary alicyclic amines) is 1. The highest BCUT2D eigenvalue weighted by molar-refractivity contribution is 7.89. The number of benzene rings is 1. The van der Waals surface area contributed by atoms with Crippen LogP contribution in [-0.4, -0.2) is 63.7 Å². The van der Waals surface area contributed by atoms with Gasteiger partial charge in [0.2, 0.25) is 10.0 Å². The molecule has 144 valence electrons. The maximum Gasteiger partial charge on any atom is 0.308 e. The van der Waals surface area contributed by atoms with E-state index in [0.29, 0.717) is 24.9 Å². The molecule has 0 unspecified atom stereocenters. The van der Waals surface area contributed by atoms with Crippen LogP contribution in [0.3, 0.4) is 0 Å². The molecule has 1 fully saturated rings. The molecular formula is C17H24N2O6S. The van der Waals surface area contributed by atoms with Gasteiger partial charge in [-0.2, -0.15) is 0 Å². The highest BCUT2D eigenvalue weighted by atomic mass is 32.2. The number of amides is 1. The fraction of sp³-hybridized carbons (Fsp3) is 0.529. The minimum Gasteiger partial charge on any atom is -0.481 e. The number of hydrogen-bond donors (Lipinski definition) is 2. The number of aryl methyl sites for hydroxylation is 1. The normalized spacial score (nSPS) is 17.9. The Labute approximate surface area is 153 Å². The predicted molar refractivity (Wildman–Crippen MR) is 94.5 cm³/mol. The Balaban J connectivity index is 2.23. The summed E-state index contributed by atoms with van der Waals surface area (Å²) in [6.07, 6.45) is 1.15. The molecule has 1 aliphatic heterocycles. The van der Waals surface area contributed by atoms with Crippen molar-refractivity contribution in [1.82, 2.24) is 9.62 Å². The third-order valence-electron chi connectivity index (χ3n) is 4.41. The summed E-state index contributed by atoms with van der Waals surface area (Å²) in [5.41, 5.74) is 0.911. The van der Waals surface area contributed by atoms with Gasteiger partial charge in [-0.15, -0.1) is 0 Å². The Hall–Kier alpha value is -1.97. The fourth-order valence-electron chi connectivity index (χ4n) is 2.89. The van der Waals surface area contributed by atoms with Crippen LogP contribution in [0.25, 0.3) is 0 Å². The Morgan fingerprint density at radius 2 is 2.12 bits per heavy atom. The lowest BCUT2D eigenvalue weighted by atomic mass is 9.97. The minimum atomic E-state index is -3.76. The summed E-state index contributed by atoms with van der Waals surface area (Å²) in [6, 6.07) is 4.37. The Morgan fingerprint density at radius 1 is 1.38 bits per heavy atom. The molecule has 1 aliphatic rings. The van der Waals surface area contributed by atoms with E-state index in [1.54, 1.807) is 13.0 Å². The monoisotopic (exact) mass is 384 g/mol. The highest BCUT2D eigenvalue weighted by Crippen LogP contribution is 2.22. The second-order valence-electron chi connectivity index (χ2n) is 6.30. The molecule has 0 spiro atoms. The summed E-state index contributed by atoms with van der Waals surface area (Å²) in [5.74, 6) is -1.85. The topological polar surface area (TPSA) is 113 Å². The van der Waals surface area contributed by atoms with E-state index in [-0.39, 0.29) is 36.1 Å². The summed E-state index contributed by atoms with van der Waals surface area (Å²) >= 11 is 0. The molecule has 26 heavy (non-hydrogen) atoms. The molecule has 0 bridgehead atoms. The van der Waals surface area contributed by atoms with Gasteiger partial charge < -0.3 is 14.7 Å². The van der Waals surface area contributed by atoms with Crippen LogP contribution < -0.4 is 4.72 Å². The number of carbonyl (C=O) groups is 2. The SMILES string of the molecule is COCCNS(=O)(=O)c1ccc(C)c(C(=O)N2CCC[C@H](C(=O)O)C2)c1. The molecule has 1 saturated heterocycles. The van der Waals surface area contributed by atoms with Crippen LogP contribution in [0, 0.1) is 12.8 Å². The smallest absolute Gasteiger partial charge is 0.308 e. The zero-order chi connectivity index (χ0) is 19.3. The zero-order valence-corrected chi connectivity index (χ0v) is 15.7. The largest absolute Gasteiger partial charge is 0.481 e. The van der Waals surface area contributed by atoms with Crippen molar-refractivity contribution in [3.05, 3.63) is 29.3 Å². The summed E-state index contributed by atoms with van der Waals surface area (Å²) in [7, 11) is -2.28. The summed E-state index contributed by atoms with van der Waals surface area (Å²) in [5, 5.41) is 9.18. The van der Waals surface area contributed by atoms with Crippen molar-refractivity contribution in [2.24, 2.45) is 5.92 Å². The third-order valence-corrected chi connectivity index (χ3v) is 5.86. The lowest BCUT2D eigenvalue weighted by Crippen LogP contribution is -2.42. The molecule has 9 heteroatoms. The lowest BCUT2D eigenvalue weighted by Gasteiger charge is -2.31. The first-order valence-corrected chi connectivity index (χ1v) is 9.86. The number of piperidine rings is 1. The molecular weight excluding hydrogens is 360 g/mol. The van der Waals surface area contributed by atoms with Gasteiger partial charge in [0.1, 0.15) is 0 Å². The Kier molecular flexibility index (Phi) is 6.74. The van der Waals surface area contributed by atoms with Crippen LogP contribution in [0.2, 0.25) is 0 Å². The zero-order valence-electron chi connectivity index (χ0n) is 14.9. The van der Waals surface area contributed by atoms with Gasteiger partial charge >= 0.3 is 5.97 Å². The minimum absolute atomic E-state index is 0.00523. The number of methoxy groups -OCH3 is 1. The molecule has 1 amide bonds. The van der Waals surface area contributed by atoms with Crippen molar-refractivity contribution in [3.63, 3.8) is 0 Å². The van der Waals surface area contributed by atoms with E-state index in [1.807, 2.05) is 0 Å². The van der Waals surface area contributed by atoms with Crippen LogP contribution in [0.15, 0.2) is 23.1 Å². The quantitative estimate of drug-likeness (QED) is 0.674. The molecule has 0 aliphatic carbocycles. The van der Waals surface area contributed by atoms with Gasteiger partial charge in [-0.25, -0.2) is 13.1 Å². The van der Waals surface area contributed by atoms with Gasteiger partial charge in [0, 0.05) is 32.3 Å². The van der Waals surface area contributed by atoms with E-state index in [9.17, 15) is 23.1 Å². The molecule has 0 radical (unpaired) electrons. The van der Waals surface area contributed by atoms with Gasteiger partial charge in [0.25, 0.3) is 5.91 Å². The second kappa shape index (κ2) is 8.61. The molecule has 1 atom stereocenters. The van der Waals surface area contributed by atoms with Crippen molar-refractivity contribution >= 4 is 21.9 Å². The maximum atomic E-state index is 12.8. The number of nitrogens with zero attached hydrogens (tertiary/aromatic N) is 1. The van der Waals surface area contributed by atoms with E-state index in [2.05, 4.69) is 4.72 Å². The first-order chi connectivity index (χ1) is 12.3. The molecule has 1 aromatic carbocycles. The standard InChI is InChI=1S/C17H24N2O6S/c1-12-5-6-14(26(23,24)18-7-9-25-2)10-15(12)16(20)19-8-3-4-13(11-19)17(21)22/h5-6,10,13,18H,3-4,7-9,11H2,1-2H3,(H,21,22)/t13-/m0/s1. The average molecular weight is 384 g/mol. The predicted octanol–water partition coefficient (Wildman–Crippen LogP) is 0.857. The summed E-state index contributed by atoms with van der Waals surface area (Å²) < 4.78 is 31.9. The number of hydrogen-bond acceptors (Lipinski definition) is 5. The van der Waals surface area contributed by atoms with Gasteiger partial charge in [0.15, 0.2) is 0 Å². The van der Waals surface area contributed by atoms with Crippen LogP contribution in [0.1, 0.15) is 28.8 Å². The number of carboxylic acids is 1. The molecule has 2 rings (SSSR count). The van der Waals surface area contributed by atoms with Gasteiger partial charge in [-0.1, -0.05) is 6.07 Å². The molecule has 8 nitrogen and oxygen atoms in total. The third kappa shape index (κ3) is 4.80. The Morgan fingerprint density at radius 3 is 2.77 bits per heavy atom. The maximum absolute atomic E-state index is 12.8.